The number of unbranched alkanes of at least 4 members (excludes halogenated alkanes) is 1. The van der Waals surface area contributed by atoms with E-state index in [1.807, 2.05) is 14.0 Å². The van der Waals surface area contributed by atoms with Crippen molar-refractivity contribution in [1.82, 2.24) is 10.3 Å². The summed E-state index contributed by atoms with van der Waals surface area (Å²) in [4.78, 5) is 6.29. The molecule has 17 heavy (non-hydrogen) atoms. The third-order valence-corrected chi connectivity index (χ3v) is 2.68. The summed E-state index contributed by atoms with van der Waals surface area (Å²) in [6, 6.07) is 1.56. The van der Waals surface area contributed by atoms with Crippen molar-refractivity contribution in [1.29, 1.82) is 0 Å². The number of hydrogen-bond acceptors (Lipinski definition) is 3. The Kier molecular flexibility index (Phi) is 5.91. The zero-order chi connectivity index (χ0) is 12.7. The lowest BCUT2D eigenvalue weighted by Crippen LogP contribution is -2.23. The Balaban J connectivity index is 2.80. The Bertz CT molecular complexity index is 341. The van der Waals surface area contributed by atoms with Crippen molar-refractivity contribution in [2.45, 2.75) is 33.2 Å². The first-order valence-corrected chi connectivity index (χ1v) is 6.25. The molecule has 0 saturated heterocycles. The highest BCUT2D eigenvalue weighted by molar-refractivity contribution is 5.46. The van der Waals surface area contributed by atoms with Crippen LogP contribution in [0.25, 0.3) is 0 Å². The van der Waals surface area contributed by atoms with Gasteiger partial charge in [0.1, 0.15) is 11.6 Å². The number of pyridine rings is 1. The maximum absolute atomic E-state index is 13.2. The maximum atomic E-state index is 13.2. The highest BCUT2D eigenvalue weighted by Gasteiger charge is 2.09. The number of rotatable bonds is 7. The Morgan fingerprint density at radius 1 is 1.41 bits per heavy atom. The summed E-state index contributed by atoms with van der Waals surface area (Å²) >= 11 is 0. The van der Waals surface area contributed by atoms with Gasteiger partial charge in [0.05, 0.1) is 6.20 Å². The van der Waals surface area contributed by atoms with E-state index in [1.54, 1.807) is 6.07 Å². The average molecular weight is 239 g/mol. The fourth-order valence-corrected chi connectivity index (χ4v) is 1.71. The fourth-order valence-electron chi connectivity index (χ4n) is 1.71. The monoisotopic (exact) mass is 239 g/mol. The molecule has 0 amide bonds. The van der Waals surface area contributed by atoms with Gasteiger partial charge in [-0.25, -0.2) is 9.37 Å². The van der Waals surface area contributed by atoms with Crippen molar-refractivity contribution >= 4 is 5.82 Å². The molecule has 0 fully saturated rings. The first-order chi connectivity index (χ1) is 8.19. The molecular formula is C13H22FN3. The van der Waals surface area contributed by atoms with Crippen LogP contribution in [0.1, 0.15) is 32.3 Å². The SMILES string of the molecule is CCCCN(C)c1ncc(F)cc1CNCC. The fraction of sp³-hybridized carbons (Fsp3) is 0.615. The van der Waals surface area contributed by atoms with Crippen LogP contribution in [0.4, 0.5) is 10.2 Å². The van der Waals surface area contributed by atoms with E-state index in [0.29, 0.717) is 6.54 Å². The van der Waals surface area contributed by atoms with Crippen LogP contribution in [0, 0.1) is 5.82 Å². The Morgan fingerprint density at radius 2 is 2.18 bits per heavy atom. The molecule has 96 valence electrons. The highest BCUT2D eigenvalue weighted by Crippen LogP contribution is 2.17. The maximum Gasteiger partial charge on any atom is 0.141 e. The third-order valence-electron chi connectivity index (χ3n) is 2.68. The van der Waals surface area contributed by atoms with Crippen LogP contribution in [0.15, 0.2) is 12.3 Å². The van der Waals surface area contributed by atoms with Crippen molar-refractivity contribution in [3.05, 3.63) is 23.6 Å². The molecule has 0 spiro atoms. The van der Waals surface area contributed by atoms with Crippen molar-refractivity contribution in [3.8, 4) is 0 Å². The largest absolute Gasteiger partial charge is 0.359 e. The average Bonchev–Trinajstić information content (AvgIpc) is 2.33. The number of nitrogens with zero attached hydrogens (tertiary/aromatic N) is 2. The lowest BCUT2D eigenvalue weighted by atomic mass is 10.2. The standard InChI is InChI=1S/C13H22FN3/c1-4-6-7-17(3)13-11(9-15-5-2)8-12(14)10-16-13/h8,10,15H,4-7,9H2,1-3H3. The van der Waals surface area contributed by atoms with E-state index in [1.165, 1.54) is 6.20 Å². The van der Waals surface area contributed by atoms with E-state index in [4.69, 9.17) is 0 Å². The van der Waals surface area contributed by atoms with E-state index in [-0.39, 0.29) is 5.82 Å². The summed E-state index contributed by atoms with van der Waals surface area (Å²) in [6.07, 6.45) is 3.55. The zero-order valence-corrected chi connectivity index (χ0v) is 11.0. The molecule has 0 aliphatic carbocycles. The number of anilines is 1. The minimum atomic E-state index is -0.273. The molecule has 1 rings (SSSR count). The molecule has 0 atom stereocenters. The quantitative estimate of drug-likeness (QED) is 0.792. The van der Waals surface area contributed by atoms with Crippen LogP contribution in [0.5, 0.6) is 0 Å². The highest BCUT2D eigenvalue weighted by atomic mass is 19.1. The van der Waals surface area contributed by atoms with Gasteiger partial charge in [-0.1, -0.05) is 20.3 Å². The second-order valence-corrected chi connectivity index (χ2v) is 4.19. The summed E-state index contributed by atoms with van der Waals surface area (Å²) in [7, 11) is 2.01. The van der Waals surface area contributed by atoms with Crippen LogP contribution in [0.2, 0.25) is 0 Å². The second-order valence-electron chi connectivity index (χ2n) is 4.19. The van der Waals surface area contributed by atoms with E-state index in [2.05, 4.69) is 22.1 Å². The zero-order valence-electron chi connectivity index (χ0n) is 11.0. The molecule has 1 N–H and O–H groups in total. The molecule has 0 radical (unpaired) electrons. The van der Waals surface area contributed by atoms with Gasteiger partial charge >= 0.3 is 0 Å². The Labute approximate surface area is 103 Å². The van der Waals surface area contributed by atoms with Gasteiger partial charge in [-0.05, 0) is 19.0 Å². The Morgan fingerprint density at radius 3 is 2.82 bits per heavy atom. The molecule has 0 aromatic carbocycles. The van der Waals surface area contributed by atoms with E-state index >= 15 is 0 Å². The molecule has 0 aliphatic rings. The Hall–Kier alpha value is -1.16. The normalized spacial score (nSPS) is 10.6. The lowest BCUT2D eigenvalue weighted by Gasteiger charge is -2.21. The van der Waals surface area contributed by atoms with Gasteiger partial charge < -0.3 is 10.2 Å². The number of aromatic nitrogens is 1. The van der Waals surface area contributed by atoms with Crippen LogP contribution in [-0.2, 0) is 6.54 Å². The number of nitrogens with one attached hydrogen (secondary N) is 1. The lowest BCUT2D eigenvalue weighted by molar-refractivity contribution is 0.612. The first-order valence-electron chi connectivity index (χ1n) is 6.25. The van der Waals surface area contributed by atoms with E-state index in [0.717, 1.165) is 37.3 Å². The number of halogens is 1. The van der Waals surface area contributed by atoms with Gasteiger partial charge in [0.2, 0.25) is 0 Å². The first kappa shape index (κ1) is 13.9. The molecular weight excluding hydrogens is 217 g/mol. The van der Waals surface area contributed by atoms with Crippen molar-refractivity contribution in [2.24, 2.45) is 0 Å². The minimum Gasteiger partial charge on any atom is -0.359 e. The van der Waals surface area contributed by atoms with Gasteiger partial charge in [0, 0.05) is 25.7 Å². The molecule has 4 heteroatoms. The third kappa shape index (κ3) is 4.30. The number of hydrogen-bond donors (Lipinski definition) is 1. The predicted octanol–water partition coefficient (Wildman–Crippen LogP) is 2.57. The van der Waals surface area contributed by atoms with Crippen molar-refractivity contribution in [3.63, 3.8) is 0 Å². The smallest absolute Gasteiger partial charge is 0.141 e. The van der Waals surface area contributed by atoms with Crippen LogP contribution >= 0.6 is 0 Å². The van der Waals surface area contributed by atoms with Gasteiger partial charge in [-0.3, -0.25) is 0 Å². The second kappa shape index (κ2) is 7.22. The van der Waals surface area contributed by atoms with Crippen LogP contribution in [0.3, 0.4) is 0 Å². The van der Waals surface area contributed by atoms with E-state index < -0.39 is 0 Å². The summed E-state index contributed by atoms with van der Waals surface area (Å²) in [5.74, 6) is 0.603. The summed E-state index contributed by atoms with van der Waals surface area (Å²) in [5.41, 5.74) is 0.922. The van der Waals surface area contributed by atoms with Crippen molar-refractivity contribution < 1.29 is 4.39 Å². The van der Waals surface area contributed by atoms with Crippen molar-refractivity contribution in [2.75, 3.05) is 25.0 Å². The molecule has 1 aromatic rings. The minimum absolute atomic E-state index is 0.273. The van der Waals surface area contributed by atoms with Gasteiger partial charge in [-0.2, -0.15) is 0 Å². The van der Waals surface area contributed by atoms with Gasteiger partial charge in [0.25, 0.3) is 0 Å². The molecule has 0 aliphatic heterocycles. The molecule has 0 saturated carbocycles. The summed E-state index contributed by atoms with van der Waals surface area (Å²) in [5, 5.41) is 3.21. The summed E-state index contributed by atoms with van der Waals surface area (Å²) < 4.78 is 13.2. The van der Waals surface area contributed by atoms with Gasteiger partial charge in [-0.15, -0.1) is 0 Å². The van der Waals surface area contributed by atoms with Crippen LogP contribution in [-0.4, -0.2) is 25.1 Å². The molecule has 1 aromatic heterocycles. The molecule has 1 heterocycles. The predicted molar refractivity (Wildman–Crippen MR) is 69.8 cm³/mol. The summed E-state index contributed by atoms with van der Waals surface area (Å²) in [6.45, 7) is 6.68. The van der Waals surface area contributed by atoms with Crippen LogP contribution < -0.4 is 10.2 Å². The molecule has 0 bridgehead atoms. The van der Waals surface area contributed by atoms with E-state index in [9.17, 15) is 4.39 Å². The topological polar surface area (TPSA) is 28.2 Å². The van der Waals surface area contributed by atoms with Gasteiger partial charge in [0.15, 0.2) is 0 Å². The molecule has 3 nitrogen and oxygen atoms in total. The molecule has 0 unspecified atom stereocenters.